The third-order valence-electron chi connectivity index (χ3n) is 10.3. The van der Waals surface area contributed by atoms with Gasteiger partial charge in [-0.25, -0.2) is 9.78 Å². The second-order valence-electron chi connectivity index (χ2n) is 14.1. The van der Waals surface area contributed by atoms with Crippen molar-refractivity contribution >= 4 is 29.4 Å². The van der Waals surface area contributed by atoms with Gasteiger partial charge in [0.2, 0.25) is 11.8 Å². The molecule has 0 saturated carbocycles. The molecular formula is C42H39N5O8. The van der Waals surface area contributed by atoms with Crippen LogP contribution in [0, 0.1) is 5.92 Å². The number of ketones is 1. The molecule has 280 valence electrons. The van der Waals surface area contributed by atoms with Gasteiger partial charge >= 0.3 is 6.09 Å². The molecule has 13 nitrogen and oxygen atoms in total. The lowest BCUT2D eigenvalue weighted by Gasteiger charge is -2.28. The van der Waals surface area contributed by atoms with Crippen LogP contribution in [0.1, 0.15) is 74.6 Å². The number of hydrogen-bond acceptors (Lipinski definition) is 10. The van der Waals surface area contributed by atoms with Crippen LogP contribution in [0.15, 0.2) is 101 Å². The molecule has 13 heteroatoms. The van der Waals surface area contributed by atoms with Crippen molar-refractivity contribution in [1.29, 1.82) is 0 Å². The number of rotatable bonds is 9. The van der Waals surface area contributed by atoms with Crippen molar-refractivity contribution in [3.05, 3.63) is 142 Å². The first-order valence-electron chi connectivity index (χ1n) is 18.1. The number of anilines is 1. The number of oxazole rings is 1. The van der Waals surface area contributed by atoms with E-state index in [4.69, 9.17) is 23.6 Å². The van der Waals surface area contributed by atoms with Crippen LogP contribution in [0.5, 0.6) is 11.5 Å². The van der Waals surface area contributed by atoms with Crippen molar-refractivity contribution in [1.82, 2.24) is 20.9 Å². The second kappa shape index (κ2) is 14.3. The fourth-order valence-corrected chi connectivity index (χ4v) is 7.49. The van der Waals surface area contributed by atoms with Gasteiger partial charge in [0.1, 0.15) is 35.6 Å². The summed E-state index contributed by atoms with van der Waals surface area (Å²) in [5, 5.41) is 12.0. The Hall–Kier alpha value is -6.63. The molecule has 3 aliphatic rings. The number of hydrogen-bond donors (Lipinski definition) is 4. The average molecular weight is 742 g/mol. The van der Waals surface area contributed by atoms with E-state index in [0.29, 0.717) is 28.2 Å². The number of aromatic nitrogens is 1. The van der Waals surface area contributed by atoms with Gasteiger partial charge < -0.3 is 39.9 Å². The van der Waals surface area contributed by atoms with E-state index in [1.807, 2.05) is 86.6 Å². The SMILES string of the molecule is COc1ccc(C(=O)CNC(=O)c2nc3oc2C24c5ccccc5N[C@H]2Oc2ccc(cc24)C[C@H](NC(=O)OCc2ccccc2)C(=O)N[C@H]3C(C)C)cc1. The highest BCUT2D eigenvalue weighted by Gasteiger charge is 2.61. The molecule has 4 aromatic carbocycles. The van der Waals surface area contributed by atoms with Crippen LogP contribution in [0.3, 0.4) is 0 Å². The summed E-state index contributed by atoms with van der Waals surface area (Å²) in [4.78, 5) is 59.6. The molecule has 0 radical (unpaired) electrons. The predicted octanol–water partition coefficient (Wildman–Crippen LogP) is 5.44. The maximum absolute atomic E-state index is 14.3. The summed E-state index contributed by atoms with van der Waals surface area (Å²) in [5.74, 6) is -0.294. The second-order valence-corrected chi connectivity index (χ2v) is 14.1. The van der Waals surface area contributed by atoms with E-state index in [1.54, 1.807) is 24.3 Å². The summed E-state index contributed by atoms with van der Waals surface area (Å²) in [6.45, 7) is 3.49. The molecule has 0 fully saturated rings. The van der Waals surface area contributed by atoms with Gasteiger partial charge in [0.25, 0.3) is 5.91 Å². The largest absolute Gasteiger partial charge is 0.497 e. The number of methoxy groups -OCH3 is 1. The lowest BCUT2D eigenvalue weighted by Crippen LogP contribution is -2.49. The summed E-state index contributed by atoms with van der Waals surface area (Å²) < 4.78 is 24.0. The first kappa shape index (κ1) is 35.4. The number of ether oxygens (including phenoxy) is 3. The highest BCUT2D eigenvalue weighted by atomic mass is 16.5. The zero-order chi connectivity index (χ0) is 38.3. The van der Waals surface area contributed by atoms with Crippen molar-refractivity contribution < 1.29 is 37.8 Å². The van der Waals surface area contributed by atoms with Gasteiger partial charge in [0, 0.05) is 23.2 Å². The van der Waals surface area contributed by atoms with E-state index in [2.05, 4.69) is 21.3 Å². The first-order chi connectivity index (χ1) is 26.6. The van der Waals surface area contributed by atoms with E-state index in [1.165, 1.54) is 7.11 Å². The maximum Gasteiger partial charge on any atom is 0.408 e. The summed E-state index contributed by atoms with van der Waals surface area (Å²) in [6, 6.07) is 27.2. The van der Waals surface area contributed by atoms with Crippen LogP contribution in [0.2, 0.25) is 0 Å². The standard InChI is InChI=1S/C42H39N5O8/c1-23(2)34-39-47-35(38(50)43-21-32(48)26-14-16-27(52-3)17-15-26)36(55-39)42-28-11-7-8-12-30(28)44-40(42)54-33-18-13-25(19-29(33)42)20-31(37(49)46-34)45-41(51)53-22-24-9-5-4-6-10-24/h4-19,23,31,34,40,44H,20-22H2,1-3H3,(H,43,50)(H,45,51)(H,46,49)/t31-,34-,40-,42?/m0/s1. The number of para-hydroxylation sites is 1. The first-order valence-corrected chi connectivity index (χ1v) is 18.1. The zero-order valence-electron chi connectivity index (χ0n) is 30.4. The average Bonchev–Trinajstić information content (AvgIpc) is 3.87. The normalized spacial score (nSPS) is 20.4. The molecule has 55 heavy (non-hydrogen) atoms. The molecule has 1 unspecified atom stereocenters. The number of nitrogens with zero attached hydrogens (tertiary/aromatic N) is 1. The van der Waals surface area contributed by atoms with Gasteiger partial charge in [-0.05, 0) is 59.0 Å². The smallest absolute Gasteiger partial charge is 0.408 e. The minimum absolute atomic E-state index is 0.0256. The van der Waals surface area contributed by atoms with E-state index < -0.39 is 41.6 Å². The minimum atomic E-state index is -1.21. The molecule has 4 heterocycles. The lowest BCUT2D eigenvalue weighted by atomic mass is 9.72. The fraction of sp³-hybridized carbons (Fsp3) is 0.262. The molecule has 0 aliphatic carbocycles. The number of Topliss-reactive ketones (excluding diaryl/α,β-unsaturated/α-hetero) is 1. The van der Waals surface area contributed by atoms with Gasteiger partial charge in [0.05, 0.1) is 13.7 Å². The van der Waals surface area contributed by atoms with Crippen LogP contribution in [-0.2, 0) is 28.0 Å². The van der Waals surface area contributed by atoms with Crippen LogP contribution in [-0.4, -0.2) is 54.6 Å². The van der Waals surface area contributed by atoms with Crippen molar-refractivity contribution in [2.45, 2.75) is 50.6 Å². The lowest BCUT2D eigenvalue weighted by molar-refractivity contribution is -0.124. The number of alkyl carbamates (subject to hydrolysis) is 1. The molecule has 1 spiro atoms. The van der Waals surface area contributed by atoms with Gasteiger partial charge in [-0.3, -0.25) is 14.4 Å². The Morgan fingerprint density at radius 1 is 0.945 bits per heavy atom. The molecule has 3 aliphatic heterocycles. The highest BCUT2D eigenvalue weighted by molar-refractivity contribution is 6.02. The molecule has 4 atom stereocenters. The number of carbonyl (C=O) groups is 4. The van der Waals surface area contributed by atoms with Gasteiger partial charge in [-0.1, -0.05) is 74.5 Å². The topological polar surface area (TPSA) is 170 Å². The molecule has 1 aromatic heterocycles. The van der Waals surface area contributed by atoms with Crippen LogP contribution >= 0.6 is 0 Å². The molecule has 5 aromatic rings. The molecular weight excluding hydrogens is 702 g/mol. The third-order valence-corrected chi connectivity index (χ3v) is 10.3. The summed E-state index contributed by atoms with van der Waals surface area (Å²) >= 11 is 0. The molecule has 0 saturated heterocycles. The Morgan fingerprint density at radius 2 is 1.71 bits per heavy atom. The molecule has 8 rings (SSSR count). The monoisotopic (exact) mass is 741 g/mol. The number of amides is 3. The number of carbonyl (C=O) groups excluding carboxylic acids is 4. The Morgan fingerprint density at radius 3 is 2.47 bits per heavy atom. The van der Waals surface area contributed by atoms with Crippen molar-refractivity contribution in [3.63, 3.8) is 0 Å². The van der Waals surface area contributed by atoms with Crippen molar-refractivity contribution in [2.75, 3.05) is 19.0 Å². The maximum atomic E-state index is 14.3. The van der Waals surface area contributed by atoms with E-state index in [-0.39, 0.29) is 48.6 Å². The quantitative estimate of drug-likeness (QED) is 0.143. The van der Waals surface area contributed by atoms with Crippen LogP contribution in [0.4, 0.5) is 10.5 Å². The van der Waals surface area contributed by atoms with E-state index >= 15 is 0 Å². The summed E-state index contributed by atoms with van der Waals surface area (Å²) in [5.41, 5.74) is 2.91. The fourth-order valence-electron chi connectivity index (χ4n) is 7.49. The van der Waals surface area contributed by atoms with Crippen molar-refractivity contribution in [3.8, 4) is 11.5 Å². The molecule has 4 N–H and O–H groups in total. The number of benzene rings is 4. The van der Waals surface area contributed by atoms with Crippen molar-refractivity contribution in [2.24, 2.45) is 5.92 Å². The summed E-state index contributed by atoms with van der Waals surface area (Å²) in [6.07, 6.45) is -1.37. The van der Waals surface area contributed by atoms with Gasteiger partial charge in [-0.2, -0.15) is 0 Å². The highest BCUT2D eigenvalue weighted by Crippen LogP contribution is 2.58. The molecule has 3 amide bonds. The Bertz CT molecular complexity index is 2290. The zero-order valence-corrected chi connectivity index (χ0v) is 30.4. The third kappa shape index (κ3) is 6.41. The van der Waals surface area contributed by atoms with Gasteiger partial charge in [0.15, 0.2) is 23.5 Å². The predicted molar refractivity (Wildman–Crippen MR) is 200 cm³/mol. The van der Waals surface area contributed by atoms with Gasteiger partial charge in [-0.15, -0.1) is 0 Å². The van der Waals surface area contributed by atoms with Crippen LogP contribution in [0.25, 0.3) is 0 Å². The molecule has 4 bridgehead atoms. The van der Waals surface area contributed by atoms with E-state index in [9.17, 15) is 19.2 Å². The van der Waals surface area contributed by atoms with Crippen LogP contribution < -0.4 is 30.7 Å². The Balaban J connectivity index is 1.20. The number of nitrogens with one attached hydrogen (secondary N) is 4. The van der Waals surface area contributed by atoms with E-state index in [0.717, 1.165) is 16.8 Å². The summed E-state index contributed by atoms with van der Waals surface area (Å²) in [7, 11) is 1.54. The Kier molecular flexibility index (Phi) is 9.21. The Labute approximate surface area is 316 Å². The minimum Gasteiger partial charge on any atom is -0.497 e. The number of fused-ring (bicyclic) bond motifs is 4.